The Morgan fingerprint density at radius 3 is 2.74 bits per heavy atom. The van der Waals surface area contributed by atoms with E-state index in [1.165, 1.54) is 18.4 Å². The summed E-state index contributed by atoms with van der Waals surface area (Å²) in [6, 6.07) is 5.77. The molecular formula is C16H25FN2. The third-order valence-electron chi connectivity index (χ3n) is 4.02. The molecule has 3 heteroatoms. The summed E-state index contributed by atoms with van der Waals surface area (Å²) in [4.78, 5) is 2.53. The van der Waals surface area contributed by atoms with E-state index in [2.05, 4.69) is 24.1 Å². The lowest BCUT2D eigenvalue weighted by Gasteiger charge is -2.35. The molecule has 0 radical (unpaired) electrons. The first-order valence-electron chi connectivity index (χ1n) is 7.40. The van der Waals surface area contributed by atoms with Crippen LogP contribution < -0.4 is 5.32 Å². The molecule has 2 rings (SSSR count). The van der Waals surface area contributed by atoms with Crippen LogP contribution in [0.25, 0.3) is 0 Å². The largest absolute Gasteiger partial charge is 0.317 e. The fourth-order valence-corrected chi connectivity index (χ4v) is 2.88. The van der Waals surface area contributed by atoms with E-state index in [9.17, 15) is 4.39 Å². The van der Waals surface area contributed by atoms with Crippen molar-refractivity contribution >= 4 is 0 Å². The van der Waals surface area contributed by atoms with Gasteiger partial charge < -0.3 is 5.32 Å². The molecule has 0 unspecified atom stereocenters. The molecule has 1 aliphatic rings. The van der Waals surface area contributed by atoms with Crippen molar-refractivity contribution < 1.29 is 4.39 Å². The van der Waals surface area contributed by atoms with Gasteiger partial charge in [-0.1, -0.05) is 13.0 Å². The van der Waals surface area contributed by atoms with Crippen molar-refractivity contribution in [1.82, 2.24) is 10.2 Å². The minimum absolute atomic E-state index is 0.123. The number of halogens is 1. The Morgan fingerprint density at radius 2 is 2.05 bits per heavy atom. The van der Waals surface area contributed by atoms with Gasteiger partial charge in [0.1, 0.15) is 5.82 Å². The van der Waals surface area contributed by atoms with Crippen molar-refractivity contribution in [2.45, 2.75) is 45.7 Å². The SMILES string of the molecule is CCCN(Cc1cc(F)ccc1C)C1CCNCC1. The van der Waals surface area contributed by atoms with Crippen LogP contribution >= 0.6 is 0 Å². The summed E-state index contributed by atoms with van der Waals surface area (Å²) in [6.07, 6.45) is 3.56. The quantitative estimate of drug-likeness (QED) is 0.879. The van der Waals surface area contributed by atoms with Gasteiger partial charge in [0.25, 0.3) is 0 Å². The van der Waals surface area contributed by atoms with Crippen LogP contribution in [0.15, 0.2) is 18.2 Å². The minimum Gasteiger partial charge on any atom is -0.317 e. The van der Waals surface area contributed by atoms with Crippen molar-refractivity contribution in [2.75, 3.05) is 19.6 Å². The Hall–Kier alpha value is -0.930. The molecule has 1 saturated heterocycles. The predicted octanol–water partition coefficient (Wildman–Crippen LogP) is 3.10. The van der Waals surface area contributed by atoms with Crippen LogP contribution in [0.2, 0.25) is 0 Å². The molecule has 0 aliphatic carbocycles. The predicted molar refractivity (Wildman–Crippen MR) is 77.7 cm³/mol. The van der Waals surface area contributed by atoms with Crippen LogP contribution in [-0.4, -0.2) is 30.6 Å². The molecule has 0 saturated carbocycles. The molecule has 1 aliphatic heterocycles. The molecule has 0 atom stereocenters. The summed E-state index contributed by atoms with van der Waals surface area (Å²) in [6.45, 7) is 8.47. The molecule has 106 valence electrons. The summed E-state index contributed by atoms with van der Waals surface area (Å²) < 4.78 is 13.4. The Kier molecular flexibility index (Phi) is 5.34. The maximum atomic E-state index is 13.4. The number of piperidine rings is 1. The van der Waals surface area contributed by atoms with E-state index in [1.807, 2.05) is 6.07 Å². The number of hydrogen-bond acceptors (Lipinski definition) is 2. The Labute approximate surface area is 116 Å². The van der Waals surface area contributed by atoms with Gasteiger partial charge in [-0.3, -0.25) is 4.90 Å². The summed E-state index contributed by atoms with van der Waals surface area (Å²) in [5, 5.41) is 3.41. The number of aryl methyl sites for hydroxylation is 1. The zero-order valence-electron chi connectivity index (χ0n) is 12.1. The maximum absolute atomic E-state index is 13.4. The van der Waals surface area contributed by atoms with Gasteiger partial charge in [0.15, 0.2) is 0 Å². The standard InChI is InChI=1S/C16H25FN2/c1-3-10-19(16-6-8-18-9-7-16)12-14-11-15(17)5-4-13(14)2/h4-5,11,16,18H,3,6-10,12H2,1-2H3. The van der Waals surface area contributed by atoms with Gasteiger partial charge in [0.05, 0.1) is 0 Å². The van der Waals surface area contributed by atoms with Gasteiger partial charge in [-0.25, -0.2) is 4.39 Å². The molecule has 0 amide bonds. The fraction of sp³-hybridized carbons (Fsp3) is 0.625. The molecule has 1 N–H and O–H groups in total. The first-order chi connectivity index (χ1) is 9.20. The lowest BCUT2D eigenvalue weighted by Crippen LogP contribution is -2.43. The average molecular weight is 264 g/mol. The van der Waals surface area contributed by atoms with Crippen molar-refractivity contribution in [3.63, 3.8) is 0 Å². The van der Waals surface area contributed by atoms with E-state index in [0.29, 0.717) is 6.04 Å². The third kappa shape index (κ3) is 4.02. The lowest BCUT2D eigenvalue weighted by molar-refractivity contribution is 0.154. The Balaban J connectivity index is 2.08. The highest BCUT2D eigenvalue weighted by atomic mass is 19.1. The summed E-state index contributed by atoms with van der Waals surface area (Å²) in [7, 11) is 0. The first kappa shape index (κ1) is 14.5. The molecule has 1 aromatic carbocycles. The Bertz CT molecular complexity index is 400. The van der Waals surface area contributed by atoms with Gasteiger partial charge in [0.2, 0.25) is 0 Å². The van der Waals surface area contributed by atoms with E-state index >= 15 is 0 Å². The van der Waals surface area contributed by atoms with E-state index in [-0.39, 0.29) is 5.82 Å². The smallest absolute Gasteiger partial charge is 0.123 e. The van der Waals surface area contributed by atoms with Crippen molar-refractivity contribution in [3.05, 3.63) is 35.1 Å². The van der Waals surface area contributed by atoms with Crippen LogP contribution in [-0.2, 0) is 6.54 Å². The zero-order valence-corrected chi connectivity index (χ0v) is 12.1. The van der Waals surface area contributed by atoms with Crippen LogP contribution in [0.5, 0.6) is 0 Å². The Morgan fingerprint density at radius 1 is 1.32 bits per heavy atom. The summed E-state index contributed by atoms with van der Waals surface area (Å²) >= 11 is 0. The molecule has 1 heterocycles. The van der Waals surface area contributed by atoms with Crippen molar-refractivity contribution in [1.29, 1.82) is 0 Å². The molecular weight excluding hydrogens is 239 g/mol. The monoisotopic (exact) mass is 264 g/mol. The molecule has 0 aromatic heterocycles. The minimum atomic E-state index is -0.123. The number of benzene rings is 1. The van der Waals surface area contributed by atoms with Gasteiger partial charge in [-0.05, 0) is 69.1 Å². The average Bonchev–Trinajstić information content (AvgIpc) is 2.43. The highest BCUT2D eigenvalue weighted by Crippen LogP contribution is 2.19. The highest BCUT2D eigenvalue weighted by Gasteiger charge is 2.20. The normalized spacial score (nSPS) is 17.1. The van der Waals surface area contributed by atoms with Gasteiger partial charge in [-0.2, -0.15) is 0 Å². The van der Waals surface area contributed by atoms with Crippen LogP contribution in [0.4, 0.5) is 4.39 Å². The fourth-order valence-electron chi connectivity index (χ4n) is 2.88. The molecule has 0 spiro atoms. The molecule has 0 bridgehead atoms. The molecule has 19 heavy (non-hydrogen) atoms. The van der Waals surface area contributed by atoms with Gasteiger partial charge >= 0.3 is 0 Å². The maximum Gasteiger partial charge on any atom is 0.123 e. The summed E-state index contributed by atoms with van der Waals surface area (Å²) in [5.74, 6) is -0.123. The van der Waals surface area contributed by atoms with Crippen LogP contribution in [0.3, 0.4) is 0 Å². The number of hydrogen-bond donors (Lipinski definition) is 1. The second kappa shape index (κ2) is 7.01. The van der Waals surface area contributed by atoms with E-state index in [1.54, 1.807) is 12.1 Å². The number of rotatable bonds is 5. The van der Waals surface area contributed by atoms with Crippen molar-refractivity contribution in [3.8, 4) is 0 Å². The molecule has 1 fully saturated rings. The molecule has 1 aromatic rings. The lowest BCUT2D eigenvalue weighted by atomic mass is 10.0. The second-order valence-electron chi connectivity index (χ2n) is 5.52. The van der Waals surface area contributed by atoms with E-state index < -0.39 is 0 Å². The molecule has 2 nitrogen and oxygen atoms in total. The first-order valence-corrected chi connectivity index (χ1v) is 7.40. The topological polar surface area (TPSA) is 15.3 Å². The van der Waals surface area contributed by atoms with Gasteiger partial charge in [-0.15, -0.1) is 0 Å². The zero-order chi connectivity index (χ0) is 13.7. The number of nitrogens with one attached hydrogen (secondary N) is 1. The van der Waals surface area contributed by atoms with E-state index in [0.717, 1.165) is 38.2 Å². The number of nitrogens with zero attached hydrogens (tertiary/aromatic N) is 1. The van der Waals surface area contributed by atoms with E-state index in [4.69, 9.17) is 0 Å². The third-order valence-corrected chi connectivity index (χ3v) is 4.02. The van der Waals surface area contributed by atoms with Crippen LogP contribution in [0.1, 0.15) is 37.3 Å². The van der Waals surface area contributed by atoms with Crippen molar-refractivity contribution in [2.24, 2.45) is 0 Å². The van der Waals surface area contributed by atoms with Gasteiger partial charge in [0, 0.05) is 12.6 Å². The second-order valence-corrected chi connectivity index (χ2v) is 5.52. The summed E-state index contributed by atoms with van der Waals surface area (Å²) in [5.41, 5.74) is 2.32. The highest BCUT2D eigenvalue weighted by molar-refractivity contribution is 5.26. The van der Waals surface area contributed by atoms with Crippen LogP contribution in [0, 0.1) is 12.7 Å².